The van der Waals surface area contributed by atoms with Gasteiger partial charge in [0.05, 0.1) is 11.3 Å². The van der Waals surface area contributed by atoms with E-state index < -0.39 is 23.7 Å². The number of rotatable bonds is 6. The predicted octanol–water partition coefficient (Wildman–Crippen LogP) is 5.28. The minimum atomic E-state index is -4.52. The third-order valence-electron chi connectivity index (χ3n) is 4.97. The average Bonchev–Trinajstić information content (AvgIpc) is 2.84. The van der Waals surface area contributed by atoms with E-state index in [1.54, 1.807) is 42.5 Å². The Balaban J connectivity index is 1.41. The Morgan fingerprint density at radius 1 is 0.838 bits per heavy atom. The Hall–Kier alpha value is -5.13. The maximum atomic E-state index is 12.8. The van der Waals surface area contributed by atoms with Gasteiger partial charge in [0, 0.05) is 28.6 Å². The van der Waals surface area contributed by atoms with Crippen molar-refractivity contribution in [3.8, 4) is 22.9 Å². The lowest BCUT2D eigenvalue weighted by molar-refractivity contribution is -0.137. The first-order chi connectivity index (χ1) is 17.6. The number of halogens is 3. The second-order valence-electron chi connectivity index (χ2n) is 7.68. The van der Waals surface area contributed by atoms with E-state index in [0.29, 0.717) is 28.3 Å². The molecule has 1 heterocycles. The van der Waals surface area contributed by atoms with Crippen molar-refractivity contribution in [2.24, 2.45) is 5.73 Å². The SMILES string of the molecule is NC(=O)c1ccc(-c2cc(Oc3ccc(NC(=O)Nc4cccc(C(F)(F)F)c4)cc3)nc(N)n2)cc1. The van der Waals surface area contributed by atoms with Crippen LogP contribution in [0.4, 0.5) is 35.3 Å². The van der Waals surface area contributed by atoms with Gasteiger partial charge >= 0.3 is 12.2 Å². The molecule has 0 atom stereocenters. The monoisotopic (exact) mass is 508 g/mol. The summed E-state index contributed by atoms with van der Waals surface area (Å²) in [7, 11) is 0. The van der Waals surface area contributed by atoms with E-state index in [-0.39, 0.29) is 17.5 Å². The van der Waals surface area contributed by atoms with E-state index >= 15 is 0 Å². The largest absolute Gasteiger partial charge is 0.439 e. The van der Waals surface area contributed by atoms with Crippen molar-refractivity contribution in [2.75, 3.05) is 16.4 Å². The van der Waals surface area contributed by atoms with Gasteiger partial charge in [-0.25, -0.2) is 9.78 Å². The molecule has 0 fully saturated rings. The summed E-state index contributed by atoms with van der Waals surface area (Å²) < 4.78 is 44.3. The van der Waals surface area contributed by atoms with Crippen molar-refractivity contribution in [1.29, 1.82) is 0 Å². The van der Waals surface area contributed by atoms with E-state index in [1.165, 1.54) is 24.3 Å². The summed E-state index contributed by atoms with van der Waals surface area (Å²) in [5.74, 6) is -0.0543. The molecule has 0 saturated carbocycles. The van der Waals surface area contributed by atoms with Crippen LogP contribution in [0.25, 0.3) is 11.3 Å². The summed E-state index contributed by atoms with van der Waals surface area (Å²) in [5, 5.41) is 4.88. The number of hydrogen-bond donors (Lipinski definition) is 4. The van der Waals surface area contributed by atoms with Crippen LogP contribution in [-0.4, -0.2) is 21.9 Å². The van der Waals surface area contributed by atoms with Gasteiger partial charge in [-0.1, -0.05) is 18.2 Å². The van der Waals surface area contributed by atoms with Gasteiger partial charge in [-0.3, -0.25) is 4.79 Å². The lowest BCUT2D eigenvalue weighted by atomic mass is 10.1. The molecule has 0 bridgehead atoms. The smallest absolute Gasteiger partial charge is 0.416 e. The van der Waals surface area contributed by atoms with Crippen LogP contribution in [0.2, 0.25) is 0 Å². The third-order valence-corrected chi connectivity index (χ3v) is 4.97. The molecule has 4 rings (SSSR count). The molecule has 0 aliphatic carbocycles. The number of primary amides is 1. The van der Waals surface area contributed by atoms with E-state index in [1.807, 2.05) is 0 Å². The predicted molar refractivity (Wildman–Crippen MR) is 131 cm³/mol. The number of ether oxygens (including phenoxy) is 1. The molecule has 3 amide bonds. The van der Waals surface area contributed by atoms with Crippen LogP contribution in [0.15, 0.2) is 78.9 Å². The van der Waals surface area contributed by atoms with Crippen molar-refractivity contribution < 1.29 is 27.5 Å². The Morgan fingerprint density at radius 2 is 1.51 bits per heavy atom. The minimum Gasteiger partial charge on any atom is -0.439 e. The van der Waals surface area contributed by atoms with E-state index in [9.17, 15) is 22.8 Å². The molecule has 0 aliphatic rings. The molecule has 188 valence electrons. The fourth-order valence-electron chi connectivity index (χ4n) is 3.24. The maximum absolute atomic E-state index is 12.8. The Labute approximate surface area is 208 Å². The lowest BCUT2D eigenvalue weighted by Gasteiger charge is -2.11. The number of carbonyl (C=O) groups is 2. The fraction of sp³-hybridized carbons (Fsp3) is 0.0400. The highest BCUT2D eigenvalue weighted by Gasteiger charge is 2.30. The Morgan fingerprint density at radius 3 is 2.16 bits per heavy atom. The summed E-state index contributed by atoms with van der Waals surface area (Å²) in [6.07, 6.45) is -4.52. The summed E-state index contributed by atoms with van der Waals surface area (Å²) >= 11 is 0. The van der Waals surface area contributed by atoms with Gasteiger partial charge in [-0.15, -0.1) is 0 Å². The molecule has 0 spiro atoms. The normalized spacial score (nSPS) is 11.0. The first-order valence-corrected chi connectivity index (χ1v) is 10.6. The zero-order valence-corrected chi connectivity index (χ0v) is 18.9. The van der Waals surface area contributed by atoms with Gasteiger partial charge in [0.2, 0.25) is 17.7 Å². The first kappa shape index (κ1) is 25.0. The number of alkyl halides is 3. The molecule has 0 saturated heterocycles. The summed E-state index contributed by atoms with van der Waals surface area (Å²) in [6.45, 7) is 0. The molecule has 12 heteroatoms. The number of carbonyl (C=O) groups excluding carboxylic acids is 2. The first-order valence-electron chi connectivity index (χ1n) is 10.6. The standard InChI is InChI=1S/C25H19F3N6O3/c26-25(27,28)16-2-1-3-18(12-16)32-24(36)31-17-8-10-19(11-9-17)37-21-13-20(33-23(30)34-21)14-4-6-15(7-5-14)22(29)35/h1-13H,(H2,29,35)(H2,30,33,34)(H2,31,32,36). The molecule has 0 radical (unpaired) electrons. The highest BCUT2D eigenvalue weighted by molar-refractivity contribution is 5.99. The van der Waals surface area contributed by atoms with Crippen LogP contribution >= 0.6 is 0 Å². The zero-order valence-electron chi connectivity index (χ0n) is 18.9. The highest BCUT2D eigenvalue weighted by atomic mass is 19.4. The molecular weight excluding hydrogens is 489 g/mol. The van der Waals surface area contributed by atoms with Crippen molar-refractivity contribution in [3.05, 3.63) is 90.0 Å². The third kappa shape index (κ3) is 6.51. The van der Waals surface area contributed by atoms with Crippen LogP contribution in [-0.2, 0) is 6.18 Å². The molecule has 4 aromatic rings. The van der Waals surface area contributed by atoms with Gasteiger partial charge in [-0.2, -0.15) is 18.2 Å². The number of nitrogen functional groups attached to an aromatic ring is 1. The average molecular weight is 508 g/mol. The zero-order chi connectivity index (χ0) is 26.6. The van der Waals surface area contributed by atoms with Gasteiger partial charge in [0.25, 0.3) is 0 Å². The molecule has 1 aromatic heterocycles. The molecule has 3 aromatic carbocycles. The van der Waals surface area contributed by atoms with E-state index in [4.69, 9.17) is 16.2 Å². The number of aromatic nitrogens is 2. The molecule has 0 unspecified atom stereocenters. The number of anilines is 3. The second-order valence-corrected chi connectivity index (χ2v) is 7.68. The van der Waals surface area contributed by atoms with Crippen molar-refractivity contribution in [2.45, 2.75) is 6.18 Å². The number of amides is 3. The Kier molecular flexibility index (Phi) is 6.91. The second kappa shape index (κ2) is 10.2. The number of nitrogens with two attached hydrogens (primary N) is 2. The quantitative estimate of drug-likeness (QED) is 0.279. The highest BCUT2D eigenvalue weighted by Crippen LogP contribution is 2.31. The molecular formula is C25H19F3N6O3. The van der Waals surface area contributed by atoms with Gasteiger partial charge < -0.3 is 26.8 Å². The van der Waals surface area contributed by atoms with Crippen LogP contribution in [0.1, 0.15) is 15.9 Å². The maximum Gasteiger partial charge on any atom is 0.416 e. The lowest BCUT2D eigenvalue weighted by Crippen LogP contribution is -2.19. The summed E-state index contributed by atoms with van der Waals surface area (Å²) in [4.78, 5) is 31.7. The molecule has 0 aliphatic heterocycles. The topological polar surface area (TPSA) is 145 Å². The fourth-order valence-corrected chi connectivity index (χ4v) is 3.24. The van der Waals surface area contributed by atoms with Crippen LogP contribution in [0.3, 0.4) is 0 Å². The van der Waals surface area contributed by atoms with Crippen molar-refractivity contribution in [1.82, 2.24) is 9.97 Å². The van der Waals surface area contributed by atoms with Crippen molar-refractivity contribution >= 4 is 29.3 Å². The number of urea groups is 1. The molecule has 9 nitrogen and oxygen atoms in total. The summed E-state index contributed by atoms with van der Waals surface area (Å²) in [6, 6.07) is 17.8. The van der Waals surface area contributed by atoms with Gasteiger partial charge in [0.1, 0.15) is 5.75 Å². The van der Waals surface area contributed by atoms with Crippen LogP contribution < -0.4 is 26.8 Å². The van der Waals surface area contributed by atoms with E-state index in [0.717, 1.165) is 12.1 Å². The van der Waals surface area contributed by atoms with Crippen LogP contribution in [0.5, 0.6) is 11.6 Å². The number of nitrogens with zero attached hydrogens (tertiary/aromatic N) is 2. The number of benzene rings is 3. The number of hydrogen-bond acceptors (Lipinski definition) is 6. The number of nitrogens with one attached hydrogen (secondary N) is 2. The van der Waals surface area contributed by atoms with E-state index in [2.05, 4.69) is 20.6 Å². The van der Waals surface area contributed by atoms with Gasteiger partial charge in [0.15, 0.2) is 0 Å². The van der Waals surface area contributed by atoms with Crippen LogP contribution in [0, 0.1) is 0 Å². The molecule has 6 N–H and O–H groups in total. The minimum absolute atomic E-state index is 0.00583. The summed E-state index contributed by atoms with van der Waals surface area (Å²) in [5.41, 5.74) is 12.0. The molecule has 37 heavy (non-hydrogen) atoms. The van der Waals surface area contributed by atoms with Crippen molar-refractivity contribution in [3.63, 3.8) is 0 Å². The Bertz CT molecular complexity index is 1440. The van der Waals surface area contributed by atoms with Gasteiger partial charge in [-0.05, 0) is 54.6 Å².